The summed E-state index contributed by atoms with van der Waals surface area (Å²) in [6.45, 7) is 5.19. The molecule has 1 aliphatic carbocycles. The van der Waals surface area contributed by atoms with Gasteiger partial charge in [-0.15, -0.1) is 0 Å². The Kier molecular flexibility index (Phi) is 4.69. The zero-order valence-corrected chi connectivity index (χ0v) is 13.5. The largest absolute Gasteiger partial charge is 0.368 e. The molecule has 1 aromatic rings. The van der Waals surface area contributed by atoms with Crippen LogP contribution in [0.2, 0.25) is 0 Å². The molecule has 23 heavy (non-hydrogen) atoms. The van der Waals surface area contributed by atoms with E-state index in [9.17, 15) is 9.59 Å². The highest BCUT2D eigenvalue weighted by molar-refractivity contribution is 5.84. The molecule has 0 bridgehead atoms. The summed E-state index contributed by atoms with van der Waals surface area (Å²) >= 11 is 0. The summed E-state index contributed by atoms with van der Waals surface area (Å²) in [7, 11) is 0. The molecule has 1 saturated carbocycles. The van der Waals surface area contributed by atoms with Crippen LogP contribution >= 0.6 is 0 Å². The number of hydrogen-bond donors (Lipinski definition) is 2. The summed E-state index contributed by atoms with van der Waals surface area (Å²) in [6, 6.07) is 8.49. The van der Waals surface area contributed by atoms with E-state index < -0.39 is 0 Å². The van der Waals surface area contributed by atoms with Gasteiger partial charge in [-0.2, -0.15) is 0 Å². The molecular formula is C17H24N4O2. The van der Waals surface area contributed by atoms with Gasteiger partial charge in [0, 0.05) is 37.9 Å². The number of carbonyl (C=O) groups is 2. The predicted molar refractivity (Wildman–Crippen MR) is 89.5 cm³/mol. The number of carbonyl (C=O) groups excluding carboxylic acids is 2. The van der Waals surface area contributed by atoms with E-state index >= 15 is 0 Å². The van der Waals surface area contributed by atoms with Crippen molar-refractivity contribution < 1.29 is 9.59 Å². The van der Waals surface area contributed by atoms with Crippen LogP contribution in [0.1, 0.15) is 18.4 Å². The van der Waals surface area contributed by atoms with Gasteiger partial charge in [0.1, 0.15) is 0 Å². The molecular weight excluding hydrogens is 292 g/mol. The Bertz CT molecular complexity index is 578. The minimum absolute atomic E-state index is 0.0140. The van der Waals surface area contributed by atoms with Crippen LogP contribution in [0.3, 0.4) is 0 Å². The molecule has 1 heterocycles. The maximum atomic E-state index is 12.2. The van der Waals surface area contributed by atoms with Gasteiger partial charge in [-0.3, -0.25) is 4.79 Å². The van der Waals surface area contributed by atoms with Crippen LogP contribution in [0, 0.1) is 6.92 Å². The lowest BCUT2D eigenvalue weighted by molar-refractivity contribution is -0.130. The van der Waals surface area contributed by atoms with E-state index in [4.69, 9.17) is 0 Å². The van der Waals surface area contributed by atoms with Crippen molar-refractivity contribution in [2.24, 2.45) is 0 Å². The third-order valence-electron chi connectivity index (χ3n) is 4.31. The van der Waals surface area contributed by atoms with Crippen molar-refractivity contribution in [3.05, 3.63) is 29.8 Å². The van der Waals surface area contributed by atoms with Gasteiger partial charge in [0.25, 0.3) is 0 Å². The van der Waals surface area contributed by atoms with Crippen molar-refractivity contribution in [2.45, 2.75) is 25.8 Å². The van der Waals surface area contributed by atoms with Gasteiger partial charge in [0.15, 0.2) is 0 Å². The Hall–Kier alpha value is -2.24. The Morgan fingerprint density at radius 3 is 2.57 bits per heavy atom. The lowest BCUT2D eigenvalue weighted by Crippen LogP contribution is -2.52. The van der Waals surface area contributed by atoms with Gasteiger partial charge < -0.3 is 20.4 Å². The summed E-state index contributed by atoms with van der Waals surface area (Å²) in [5.41, 5.74) is 2.45. The van der Waals surface area contributed by atoms with Gasteiger partial charge in [0.2, 0.25) is 5.91 Å². The standard InChI is InChI=1S/C17H24N4O2/c1-13-3-2-4-15(11-13)20-7-9-21(10-8-20)16(22)12-18-17(23)19-14-5-6-14/h2-4,11,14H,5-10,12H2,1H3,(H2,18,19,23). The number of anilines is 1. The minimum atomic E-state index is -0.237. The summed E-state index contributed by atoms with van der Waals surface area (Å²) in [6.07, 6.45) is 2.09. The van der Waals surface area contributed by atoms with Gasteiger partial charge in [-0.05, 0) is 37.5 Å². The van der Waals surface area contributed by atoms with E-state index in [1.165, 1.54) is 11.3 Å². The molecule has 0 atom stereocenters. The van der Waals surface area contributed by atoms with Crippen molar-refractivity contribution in [3.63, 3.8) is 0 Å². The number of amides is 3. The van der Waals surface area contributed by atoms with Crippen molar-refractivity contribution in [2.75, 3.05) is 37.6 Å². The highest BCUT2D eigenvalue weighted by atomic mass is 16.2. The maximum absolute atomic E-state index is 12.2. The van der Waals surface area contributed by atoms with E-state index in [0.29, 0.717) is 19.1 Å². The van der Waals surface area contributed by atoms with Crippen molar-refractivity contribution >= 4 is 17.6 Å². The van der Waals surface area contributed by atoms with E-state index in [-0.39, 0.29) is 18.5 Å². The second kappa shape index (κ2) is 6.89. The molecule has 0 aromatic heterocycles. The second-order valence-corrected chi connectivity index (χ2v) is 6.31. The number of benzene rings is 1. The first kappa shape index (κ1) is 15.6. The number of piperazine rings is 1. The lowest BCUT2D eigenvalue weighted by Gasteiger charge is -2.36. The lowest BCUT2D eigenvalue weighted by atomic mass is 10.2. The summed E-state index contributed by atoms with van der Waals surface area (Å²) < 4.78 is 0. The van der Waals surface area contributed by atoms with Gasteiger partial charge in [-0.25, -0.2) is 4.79 Å². The number of rotatable bonds is 4. The molecule has 0 unspecified atom stereocenters. The van der Waals surface area contributed by atoms with Gasteiger partial charge in [-0.1, -0.05) is 12.1 Å². The van der Waals surface area contributed by atoms with E-state index in [1.807, 2.05) is 4.90 Å². The summed E-state index contributed by atoms with van der Waals surface area (Å²) in [5.74, 6) is -0.0140. The van der Waals surface area contributed by atoms with Crippen LogP contribution in [0.15, 0.2) is 24.3 Å². The first-order valence-electron chi connectivity index (χ1n) is 8.25. The zero-order chi connectivity index (χ0) is 16.2. The normalized spacial score (nSPS) is 17.8. The van der Waals surface area contributed by atoms with Crippen LogP contribution in [0.25, 0.3) is 0 Å². The van der Waals surface area contributed by atoms with Crippen LogP contribution in [0.5, 0.6) is 0 Å². The van der Waals surface area contributed by atoms with Crippen LogP contribution < -0.4 is 15.5 Å². The summed E-state index contributed by atoms with van der Waals surface area (Å²) in [5, 5.41) is 5.46. The van der Waals surface area contributed by atoms with Gasteiger partial charge in [0.05, 0.1) is 6.54 Å². The molecule has 3 amide bonds. The third kappa shape index (κ3) is 4.37. The molecule has 6 nitrogen and oxygen atoms in total. The molecule has 2 aliphatic rings. The number of hydrogen-bond acceptors (Lipinski definition) is 3. The highest BCUT2D eigenvalue weighted by Crippen LogP contribution is 2.18. The van der Waals surface area contributed by atoms with Crippen LogP contribution in [-0.4, -0.2) is 55.6 Å². The molecule has 6 heteroatoms. The smallest absolute Gasteiger partial charge is 0.315 e. The number of nitrogens with zero attached hydrogens (tertiary/aromatic N) is 2. The first-order chi connectivity index (χ1) is 11.1. The Morgan fingerprint density at radius 1 is 1.17 bits per heavy atom. The maximum Gasteiger partial charge on any atom is 0.315 e. The molecule has 0 radical (unpaired) electrons. The van der Waals surface area contributed by atoms with Gasteiger partial charge >= 0.3 is 6.03 Å². The van der Waals surface area contributed by atoms with E-state index in [0.717, 1.165) is 25.9 Å². The molecule has 3 rings (SSSR count). The Morgan fingerprint density at radius 2 is 1.91 bits per heavy atom. The molecule has 2 fully saturated rings. The van der Waals surface area contributed by atoms with E-state index in [1.54, 1.807) is 0 Å². The van der Waals surface area contributed by atoms with Crippen molar-refractivity contribution in [3.8, 4) is 0 Å². The fraction of sp³-hybridized carbons (Fsp3) is 0.529. The summed E-state index contributed by atoms with van der Waals surface area (Å²) in [4.78, 5) is 27.8. The molecule has 0 spiro atoms. The third-order valence-corrected chi connectivity index (χ3v) is 4.31. The Labute approximate surface area is 136 Å². The van der Waals surface area contributed by atoms with Crippen molar-refractivity contribution in [1.82, 2.24) is 15.5 Å². The number of nitrogens with one attached hydrogen (secondary N) is 2. The SMILES string of the molecule is Cc1cccc(N2CCN(C(=O)CNC(=O)NC3CC3)CC2)c1. The fourth-order valence-corrected chi connectivity index (χ4v) is 2.77. The minimum Gasteiger partial charge on any atom is -0.368 e. The Balaban J connectivity index is 1.42. The molecule has 1 saturated heterocycles. The second-order valence-electron chi connectivity index (χ2n) is 6.31. The number of aryl methyl sites for hydroxylation is 1. The van der Waals surface area contributed by atoms with E-state index in [2.05, 4.69) is 46.7 Å². The van der Waals surface area contributed by atoms with Crippen LogP contribution in [-0.2, 0) is 4.79 Å². The van der Waals surface area contributed by atoms with Crippen LogP contribution in [0.4, 0.5) is 10.5 Å². The van der Waals surface area contributed by atoms with Crippen molar-refractivity contribution in [1.29, 1.82) is 0 Å². The zero-order valence-electron chi connectivity index (χ0n) is 13.5. The average molecular weight is 316 g/mol. The molecule has 124 valence electrons. The quantitative estimate of drug-likeness (QED) is 0.874. The average Bonchev–Trinajstić information content (AvgIpc) is 3.37. The number of urea groups is 1. The molecule has 1 aromatic carbocycles. The monoisotopic (exact) mass is 316 g/mol. The topological polar surface area (TPSA) is 64.7 Å². The molecule has 2 N–H and O–H groups in total. The molecule has 1 aliphatic heterocycles. The first-order valence-corrected chi connectivity index (χ1v) is 8.25. The highest BCUT2D eigenvalue weighted by Gasteiger charge is 2.24. The fourth-order valence-electron chi connectivity index (χ4n) is 2.77. The predicted octanol–water partition coefficient (Wildman–Crippen LogP) is 1.11.